The molecule has 2 aliphatic heterocycles. The van der Waals surface area contributed by atoms with Gasteiger partial charge in [0.15, 0.2) is 12.0 Å². The molecule has 8 heteroatoms. The van der Waals surface area contributed by atoms with Crippen molar-refractivity contribution in [3.63, 3.8) is 0 Å². The molecule has 31 heavy (non-hydrogen) atoms. The minimum absolute atomic E-state index is 0.00156. The number of hydrogen-bond donors (Lipinski definition) is 2. The van der Waals surface area contributed by atoms with Gasteiger partial charge >= 0.3 is 0 Å². The topological polar surface area (TPSA) is 84.7 Å². The Hall–Kier alpha value is -3.42. The predicted octanol–water partition coefficient (Wildman–Crippen LogP) is 4.66. The minimum Gasteiger partial charge on any atom is -0.349 e. The van der Waals surface area contributed by atoms with Crippen LogP contribution in [0.1, 0.15) is 48.9 Å². The van der Waals surface area contributed by atoms with E-state index in [1.54, 1.807) is 5.01 Å². The lowest BCUT2D eigenvalue weighted by Gasteiger charge is -2.31. The molecule has 0 bridgehead atoms. The van der Waals surface area contributed by atoms with Crippen molar-refractivity contribution in [1.29, 1.82) is 0 Å². The van der Waals surface area contributed by atoms with Crippen molar-refractivity contribution >= 4 is 28.8 Å². The van der Waals surface area contributed by atoms with Gasteiger partial charge in [-0.3, -0.25) is 4.79 Å². The maximum Gasteiger partial charge on any atom is 0.251 e. The molecule has 0 spiro atoms. The van der Waals surface area contributed by atoms with Gasteiger partial charge in [-0.2, -0.15) is 0 Å². The Morgan fingerprint density at radius 3 is 2.48 bits per heavy atom. The minimum atomic E-state index is -0.229. The summed E-state index contributed by atoms with van der Waals surface area (Å²) >= 11 is 0. The Balaban J connectivity index is 1.30. The van der Waals surface area contributed by atoms with Crippen LogP contribution in [0.2, 0.25) is 0 Å². The number of nitrogens with zero attached hydrogens (tertiary/aromatic N) is 5. The summed E-state index contributed by atoms with van der Waals surface area (Å²) in [7, 11) is 1.88. The number of rotatable bonds is 3. The van der Waals surface area contributed by atoms with Crippen LogP contribution >= 0.6 is 0 Å². The fourth-order valence-electron chi connectivity index (χ4n) is 4.41. The summed E-state index contributed by atoms with van der Waals surface area (Å²) in [5, 5.41) is 18.7. The highest BCUT2D eigenvalue weighted by atomic mass is 16.1. The highest BCUT2D eigenvalue weighted by molar-refractivity contribution is 6.05. The average molecular weight is 418 g/mol. The van der Waals surface area contributed by atoms with E-state index in [0.29, 0.717) is 11.6 Å². The molecule has 2 aromatic carbocycles. The quantitative estimate of drug-likeness (QED) is 0.712. The van der Waals surface area contributed by atoms with E-state index < -0.39 is 0 Å². The molecule has 160 valence electrons. The molecule has 0 aromatic heterocycles. The molecule has 3 aliphatic rings. The number of carbonyl (C=O) groups is 1. The van der Waals surface area contributed by atoms with Crippen molar-refractivity contribution in [3.05, 3.63) is 54.1 Å². The van der Waals surface area contributed by atoms with E-state index in [-0.39, 0.29) is 12.1 Å². The summed E-state index contributed by atoms with van der Waals surface area (Å²) < 4.78 is 0. The van der Waals surface area contributed by atoms with Gasteiger partial charge < -0.3 is 10.6 Å². The number of carbonyl (C=O) groups excluding carboxylic acids is 1. The lowest BCUT2D eigenvalue weighted by Crippen LogP contribution is -2.48. The van der Waals surface area contributed by atoms with Gasteiger partial charge in [-0.1, -0.05) is 43.0 Å². The number of amides is 1. The molecular formula is C23H27N7O. The molecule has 1 saturated carbocycles. The largest absolute Gasteiger partial charge is 0.349 e. The van der Waals surface area contributed by atoms with Crippen molar-refractivity contribution < 1.29 is 4.79 Å². The average Bonchev–Trinajstić information content (AvgIpc) is 3.00. The van der Waals surface area contributed by atoms with Crippen molar-refractivity contribution in [2.75, 3.05) is 17.4 Å². The molecule has 0 radical (unpaired) electrons. The molecule has 8 nitrogen and oxygen atoms in total. The van der Waals surface area contributed by atoms with Gasteiger partial charge in [0.1, 0.15) is 0 Å². The zero-order valence-corrected chi connectivity index (χ0v) is 17.7. The van der Waals surface area contributed by atoms with Crippen molar-refractivity contribution in [3.8, 4) is 0 Å². The van der Waals surface area contributed by atoms with Gasteiger partial charge in [0.05, 0.1) is 11.4 Å². The summed E-state index contributed by atoms with van der Waals surface area (Å²) in [4.78, 5) is 17.5. The molecule has 1 aliphatic carbocycles. The zero-order chi connectivity index (χ0) is 21.2. The van der Waals surface area contributed by atoms with Crippen LogP contribution in [0.3, 0.4) is 0 Å². The van der Waals surface area contributed by atoms with E-state index in [0.717, 1.165) is 35.7 Å². The Bertz CT molecular complexity index is 1010. The predicted molar refractivity (Wildman–Crippen MR) is 121 cm³/mol. The summed E-state index contributed by atoms with van der Waals surface area (Å²) in [5.74, 6) is 0.739. The first-order valence-corrected chi connectivity index (χ1v) is 11.0. The van der Waals surface area contributed by atoms with E-state index in [2.05, 4.69) is 21.1 Å². The van der Waals surface area contributed by atoms with Crippen molar-refractivity contribution in [2.45, 2.75) is 50.7 Å². The monoisotopic (exact) mass is 417 g/mol. The van der Waals surface area contributed by atoms with Gasteiger partial charge in [-0.05, 0) is 54.5 Å². The number of aliphatic imine (C=N–C) groups is 1. The van der Waals surface area contributed by atoms with Crippen LogP contribution in [0, 0.1) is 0 Å². The summed E-state index contributed by atoms with van der Waals surface area (Å²) in [6.45, 7) is 0. The van der Waals surface area contributed by atoms with Crippen molar-refractivity contribution in [2.24, 2.45) is 15.4 Å². The number of fused-ring (bicyclic) bond motifs is 3. The number of amidine groups is 1. The van der Waals surface area contributed by atoms with Crippen molar-refractivity contribution in [1.82, 2.24) is 10.3 Å². The number of anilines is 2. The van der Waals surface area contributed by atoms with Crippen LogP contribution in [-0.2, 0) is 0 Å². The van der Waals surface area contributed by atoms with Gasteiger partial charge in [-0.15, -0.1) is 0 Å². The molecule has 1 atom stereocenters. The lowest BCUT2D eigenvalue weighted by molar-refractivity contribution is 0.0933. The van der Waals surface area contributed by atoms with Crippen LogP contribution in [0.15, 0.2) is 64.0 Å². The number of para-hydroxylation sites is 2. The number of hydrogen-bond acceptors (Lipinski definition) is 7. The van der Waals surface area contributed by atoms with Crippen LogP contribution < -0.4 is 15.6 Å². The highest BCUT2D eigenvalue weighted by Gasteiger charge is 2.37. The highest BCUT2D eigenvalue weighted by Crippen LogP contribution is 2.38. The first kappa shape index (κ1) is 19.5. The normalized spacial score (nSPS) is 20.5. The van der Waals surface area contributed by atoms with Gasteiger partial charge in [0, 0.05) is 24.3 Å². The summed E-state index contributed by atoms with van der Waals surface area (Å²) in [6, 6.07) is 15.7. The Labute approximate surface area is 182 Å². The molecule has 1 fully saturated rings. The fourth-order valence-corrected chi connectivity index (χ4v) is 4.41. The van der Waals surface area contributed by atoms with E-state index >= 15 is 0 Å². The number of likely N-dealkylation sites (N-methyl/N-ethyl adjacent to an activating group) is 1. The fraction of sp³-hybridized carbons (Fsp3) is 0.391. The number of nitrogens with one attached hydrogen (secondary N) is 2. The Morgan fingerprint density at radius 1 is 0.968 bits per heavy atom. The van der Waals surface area contributed by atoms with E-state index in [1.807, 2.05) is 60.6 Å². The number of benzene rings is 2. The van der Waals surface area contributed by atoms with E-state index in [1.165, 1.54) is 25.7 Å². The first-order valence-electron chi connectivity index (χ1n) is 11.0. The summed E-state index contributed by atoms with van der Waals surface area (Å²) in [5.41, 5.74) is 3.31. The SMILES string of the molecule is CN1N=NN2c3ccccc3N=C(Nc3ccc(C(=O)NC4CCCCCC4)cc3)C12. The van der Waals surface area contributed by atoms with Crippen LogP contribution in [0.5, 0.6) is 0 Å². The van der Waals surface area contributed by atoms with E-state index in [4.69, 9.17) is 4.99 Å². The third kappa shape index (κ3) is 3.97. The van der Waals surface area contributed by atoms with Gasteiger partial charge in [0.2, 0.25) is 0 Å². The zero-order valence-electron chi connectivity index (χ0n) is 17.7. The Morgan fingerprint density at radius 2 is 1.71 bits per heavy atom. The van der Waals surface area contributed by atoms with Gasteiger partial charge in [0.25, 0.3) is 5.91 Å². The maximum atomic E-state index is 12.7. The second-order valence-corrected chi connectivity index (χ2v) is 8.32. The van der Waals surface area contributed by atoms with Crippen LogP contribution in [0.25, 0.3) is 0 Å². The summed E-state index contributed by atoms with van der Waals surface area (Å²) in [6.07, 6.45) is 6.87. The van der Waals surface area contributed by atoms with Gasteiger partial charge in [-0.25, -0.2) is 15.0 Å². The smallest absolute Gasteiger partial charge is 0.251 e. The Kier molecular flexibility index (Phi) is 5.28. The molecule has 2 aromatic rings. The molecule has 1 amide bonds. The third-order valence-corrected chi connectivity index (χ3v) is 6.09. The second-order valence-electron chi connectivity index (χ2n) is 8.32. The molecular weight excluding hydrogens is 390 g/mol. The first-order chi connectivity index (χ1) is 15.2. The van der Waals surface area contributed by atoms with Crippen LogP contribution in [0.4, 0.5) is 17.1 Å². The lowest BCUT2D eigenvalue weighted by atomic mass is 10.1. The molecule has 0 saturated heterocycles. The van der Waals surface area contributed by atoms with E-state index in [9.17, 15) is 4.79 Å². The third-order valence-electron chi connectivity index (χ3n) is 6.09. The molecule has 2 N–H and O–H groups in total. The van der Waals surface area contributed by atoms with Crippen LogP contribution in [-0.4, -0.2) is 36.0 Å². The molecule has 1 unspecified atom stereocenters. The molecule has 5 rings (SSSR count). The second kappa shape index (κ2) is 8.37. The molecule has 2 heterocycles. The standard InChI is InChI=1S/C23H27N7O/c1-29-23-21(26-19-10-6-7-11-20(19)30(23)28-27-29)24-18-14-12-16(13-15-18)22(31)25-17-8-4-2-3-5-9-17/h6-7,10-15,17,23H,2-5,8-9H2,1H3,(H,24,26)(H,25,31). The maximum absolute atomic E-state index is 12.7.